The smallest absolute Gasteiger partial charge is 0.315 e. The van der Waals surface area contributed by atoms with Crippen molar-refractivity contribution >= 4 is 29.4 Å². The molecule has 3 N–H and O–H groups in total. The maximum Gasteiger partial charge on any atom is 0.315 e. The minimum absolute atomic E-state index is 0.0603. The minimum atomic E-state index is -0.760. The Hall–Kier alpha value is -0.910. The predicted octanol–water partition coefficient (Wildman–Crippen LogP) is 2.96. The predicted molar refractivity (Wildman–Crippen MR) is 87.9 cm³/mol. The lowest BCUT2D eigenvalue weighted by Crippen LogP contribution is -2.47. The van der Waals surface area contributed by atoms with Crippen molar-refractivity contribution in [3.63, 3.8) is 0 Å². The Kier molecular flexibility index (Phi) is 5.79. The Morgan fingerprint density at radius 1 is 1.48 bits per heavy atom. The third kappa shape index (κ3) is 4.80. The van der Waals surface area contributed by atoms with Gasteiger partial charge < -0.3 is 15.7 Å². The second-order valence-electron chi connectivity index (χ2n) is 5.37. The normalized spacial score (nSPS) is 22.8. The van der Waals surface area contributed by atoms with Crippen LogP contribution in [0.25, 0.3) is 0 Å². The van der Waals surface area contributed by atoms with Crippen LogP contribution < -0.4 is 10.6 Å². The van der Waals surface area contributed by atoms with Gasteiger partial charge in [0.05, 0.1) is 11.6 Å². The van der Waals surface area contributed by atoms with Crippen molar-refractivity contribution in [3.8, 4) is 0 Å². The van der Waals surface area contributed by atoms with Crippen molar-refractivity contribution in [1.29, 1.82) is 0 Å². The number of carbonyl (C=O) groups excluding carboxylic acids is 1. The van der Waals surface area contributed by atoms with Crippen molar-refractivity contribution in [3.05, 3.63) is 34.9 Å². The fourth-order valence-corrected chi connectivity index (χ4v) is 3.73. The zero-order chi connectivity index (χ0) is 15.3. The van der Waals surface area contributed by atoms with Crippen LogP contribution >= 0.6 is 23.4 Å². The number of nitrogens with one attached hydrogen (secondary N) is 2. The molecule has 1 aliphatic heterocycles. The molecule has 21 heavy (non-hydrogen) atoms. The summed E-state index contributed by atoms with van der Waals surface area (Å²) in [6.07, 6.45) is 1.52. The third-order valence-corrected chi connectivity index (χ3v) is 5.13. The molecule has 1 aromatic carbocycles. The number of amides is 2. The lowest BCUT2D eigenvalue weighted by atomic mass is 10.0. The van der Waals surface area contributed by atoms with Gasteiger partial charge in [0, 0.05) is 17.3 Å². The van der Waals surface area contributed by atoms with Gasteiger partial charge in [-0.2, -0.15) is 11.8 Å². The van der Waals surface area contributed by atoms with Crippen LogP contribution in [0.3, 0.4) is 0 Å². The zero-order valence-corrected chi connectivity index (χ0v) is 13.6. The quantitative estimate of drug-likeness (QED) is 0.778. The summed E-state index contributed by atoms with van der Waals surface area (Å²) in [7, 11) is 0. The topological polar surface area (TPSA) is 61.4 Å². The second-order valence-corrected chi connectivity index (χ2v) is 6.91. The molecule has 1 aromatic rings. The lowest BCUT2D eigenvalue weighted by molar-refractivity contribution is 0.0698. The number of hydrogen-bond donors (Lipinski definition) is 3. The van der Waals surface area contributed by atoms with E-state index in [1.807, 2.05) is 31.2 Å². The van der Waals surface area contributed by atoms with Gasteiger partial charge in [-0.05, 0) is 36.3 Å². The summed E-state index contributed by atoms with van der Waals surface area (Å²) in [5, 5.41) is 16.6. The van der Waals surface area contributed by atoms with Gasteiger partial charge in [-0.1, -0.05) is 30.7 Å². The van der Waals surface area contributed by atoms with E-state index in [0.717, 1.165) is 24.2 Å². The maximum absolute atomic E-state index is 12.0. The van der Waals surface area contributed by atoms with Crippen LogP contribution in [0.15, 0.2) is 24.3 Å². The standard InChI is InChI=1S/C15H21ClN2O2S/c1-2-13(11-3-5-12(16)6-4-11)18-14(19)17-9-15(20)7-8-21-10-15/h3-6,13,20H,2,7-10H2,1H3,(H2,17,18,19). The molecule has 0 bridgehead atoms. The van der Waals surface area contributed by atoms with Crippen LogP contribution in [0.5, 0.6) is 0 Å². The van der Waals surface area contributed by atoms with E-state index < -0.39 is 5.60 Å². The van der Waals surface area contributed by atoms with Crippen LogP contribution in [-0.4, -0.2) is 34.8 Å². The highest BCUT2D eigenvalue weighted by molar-refractivity contribution is 7.99. The first kappa shape index (κ1) is 16.5. The largest absolute Gasteiger partial charge is 0.387 e. The first-order valence-corrected chi connectivity index (χ1v) is 8.66. The Labute approximate surface area is 134 Å². The number of urea groups is 1. The highest BCUT2D eigenvalue weighted by Crippen LogP contribution is 2.27. The van der Waals surface area contributed by atoms with Gasteiger partial charge in [-0.15, -0.1) is 0 Å². The average Bonchev–Trinajstić information content (AvgIpc) is 2.91. The van der Waals surface area contributed by atoms with Gasteiger partial charge >= 0.3 is 6.03 Å². The van der Waals surface area contributed by atoms with Gasteiger partial charge in [-0.3, -0.25) is 0 Å². The van der Waals surface area contributed by atoms with Crippen molar-refractivity contribution in [1.82, 2.24) is 10.6 Å². The molecular weight excluding hydrogens is 308 g/mol. The van der Waals surface area contributed by atoms with Gasteiger partial charge in [-0.25, -0.2) is 4.79 Å². The van der Waals surface area contributed by atoms with E-state index in [1.165, 1.54) is 0 Å². The molecule has 1 aliphatic rings. The van der Waals surface area contributed by atoms with E-state index in [1.54, 1.807) is 11.8 Å². The summed E-state index contributed by atoms with van der Waals surface area (Å²) in [5.74, 6) is 1.63. The average molecular weight is 329 g/mol. The number of carbonyl (C=O) groups is 1. The van der Waals surface area contributed by atoms with Crippen molar-refractivity contribution in [2.75, 3.05) is 18.1 Å². The number of aliphatic hydroxyl groups is 1. The van der Waals surface area contributed by atoms with Crippen molar-refractivity contribution < 1.29 is 9.90 Å². The Bertz CT molecular complexity index is 475. The monoisotopic (exact) mass is 328 g/mol. The fraction of sp³-hybridized carbons (Fsp3) is 0.533. The van der Waals surface area contributed by atoms with Crippen LogP contribution in [0.2, 0.25) is 5.02 Å². The SMILES string of the molecule is CCC(NC(=O)NCC1(O)CCSC1)c1ccc(Cl)cc1. The Morgan fingerprint density at radius 2 is 2.19 bits per heavy atom. The van der Waals surface area contributed by atoms with Crippen LogP contribution in [0.4, 0.5) is 4.79 Å². The molecule has 116 valence electrons. The van der Waals surface area contributed by atoms with Crippen molar-refractivity contribution in [2.45, 2.75) is 31.4 Å². The molecule has 2 amide bonds. The molecule has 2 unspecified atom stereocenters. The number of benzene rings is 1. The summed E-state index contributed by atoms with van der Waals surface area (Å²) < 4.78 is 0. The molecule has 0 saturated carbocycles. The molecule has 0 aliphatic carbocycles. The molecular formula is C15H21ClN2O2S. The van der Waals surface area contributed by atoms with E-state index >= 15 is 0 Å². The third-order valence-electron chi connectivity index (χ3n) is 3.65. The molecule has 0 aromatic heterocycles. The van der Waals surface area contributed by atoms with E-state index in [-0.39, 0.29) is 12.1 Å². The number of halogens is 1. The Morgan fingerprint density at radius 3 is 2.76 bits per heavy atom. The van der Waals surface area contributed by atoms with Gasteiger partial charge in [0.15, 0.2) is 0 Å². The minimum Gasteiger partial charge on any atom is -0.387 e. The molecule has 6 heteroatoms. The highest BCUT2D eigenvalue weighted by Gasteiger charge is 2.32. The lowest BCUT2D eigenvalue weighted by Gasteiger charge is -2.23. The first-order valence-electron chi connectivity index (χ1n) is 7.12. The first-order chi connectivity index (χ1) is 10.0. The molecule has 1 heterocycles. The highest BCUT2D eigenvalue weighted by atomic mass is 35.5. The van der Waals surface area contributed by atoms with E-state index in [0.29, 0.717) is 17.3 Å². The van der Waals surface area contributed by atoms with E-state index in [9.17, 15) is 9.90 Å². The summed E-state index contributed by atoms with van der Waals surface area (Å²) in [5.41, 5.74) is 0.261. The maximum atomic E-state index is 12.0. The van der Waals surface area contributed by atoms with Crippen LogP contribution in [0, 0.1) is 0 Å². The molecule has 2 rings (SSSR count). The van der Waals surface area contributed by atoms with Crippen LogP contribution in [-0.2, 0) is 0 Å². The van der Waals surface area contributed by atoms with Gasteiger partial charge in [0.2, 0.25) is 0 Å². The van der Waals surface area contributed by atoms with E-state index in [4.69, 9.17) is 11.6 Å². The number of hydrogen-bond acceptors (Lipinski definition) is 3. The molecule has 1 fully saturated rings. The zero-order valence-electron chi connectivity index (χ0n) is 12.1. The summed E-state index contributed by atoms with van der Waals surface area (Å²) in [6, 6.07) is 7.16. The fourth-order valence-electron chi connectivity index (χ4n) is 2.31. The number of rotatable bonds is 5. The van der Waals surface area contributed by atoms with E-state index in [2.05, 4.69) is 10.6 Å². The summed E-state index contributed by atoms with van der Waals surface area (Å²) in [6.45, 7) is 2.31. The summed E-state index contributed by atoms with van der Waals surface area (Å²) >= 11 is 7.59. The molecule has 0 radical (unpaired) electrons. The van der Waals surface area contributed by atoms with Gasteiger partial charge in [0.1, 0.15) is 0 Å². The molecule has 0 spiro atoms. The Balaban J connectivity index is 1.86. The van der Waals surface area contributed by atoms with Gasteiger partial charge in [0.25, 0.3) is 0 Å². The summed E-state index contributed by atoms with van der Waals surface area (Å²) in [4.78, 5) is 12.0. The molecule has 1 saturated heterocycles. The van der Waals surface area contributed by atoms with Crippen LogP contribution in [0.1, 0.15) is 31.4 Å². The number of thioether (sulfide) groups is 1. The second kappa shape index (κ2) is 7.38. The molecule has 2 atom stereocenters. The molecule has 4 nitrogen and oxygen atoms in total. The van der Waals surface area contributed by atoms with Crippen molar-refractivity contribution in [2.24, 2.45) is 0 Å².